The van der Waals surface area contributed by atoms with Gasteiger partial charge in [-0.1, -0.05) is 0 Å². The van der Waals surface area contributed by atoms with E-state index >= 15 is 0 Å². The van der Waals surface area contributed by atoms with Gasteiger partial charge in [0.05, 0.1) is 17.1 Å². The average Bonchev–Trinajstić information content (AvgIpc) is 2.67. The van der Waals surface area contributed by atoms with Gasteiger partial charge in [0.15, 0.2) is 0 Å². The molecule has 2 N–H and O–H groups in total. The highest BCUT2D eigenvalue weighted by Gasteiger charge is 2.25. The minimum Gasteiger partial charge on any atom is -0.365 e. The number of nitrogens with one attached hydrogen (secondary N) is 2. The summed E-state index contributed by atoms with van der Waals surface area (Å²) in [5.41, 5.74) is 3.11. The molecule has 0 saturated carbocycles. The molecule has 1 saturated heterocycles. The molecule has 0 aromatic carbocycles. The molecule has 1 fully saturated rings. The van der Waals surface area contributed by atoms with E-state index in [0.29, 0.717) is 0 Å². The number of urea groups is 1. The fraction of sp³-hybridized carbons (Fsp3) is 0.714. The first kappa shape index (κ1) is 14.7. The second kappa shape index (κ2) is 5.34. The van der Waals surface area contributed by atoms with Gasteiger partial charge in [-0.25, -0.2) is 4.79 Å². The van der Waals surface area contributed by atoms with Gasteiger partial charge in [0.2, 0.25) is 0 Å². The fourth-order valence-electron chi connectivity index (χ4n) is 2.54. The highest BCUT2D eigenvalue weighted by molar-refractivity contribution is 5.75. The van der Waals surface area contributed by atoms with Crippen LogP contribution in [0.25, 0.3) is 0 Å². The first-order chi connectivity index (χ1) is 9.28. The van der Waals surface area contributed by atoms with E-state index < -0.39 is 0 Å². The number of anilines is 1. The lowest BCUT2D eigenvalue weighted by Crippen LogP contribution is -2.55. The molecule has 2 heterocycles. The highest BCUT2D eigenvalue weighted by Crippen LogP contribution is 2.23. The topological polar surface area (TPSA) is 64.3 Å². The van der Waals surface area contributed by atoms with E-state index in [1.807, 2.05) is 39.5 Å². The Morgan fingerprint density at radius 3 is 2.25 bits per heavy atom. The molecule has 112 valence electrons. The lowest BCUT2D eigenvalue weighted by atomic mass is 10.1. The van der Waals surface area contributed by atoms with E-state index in [1.54, 1.807) is 0 Å². The molecule has 0 atom stereocenters. The molecule has 20 heavy (non-hydrogen) atoms. The van der Waals surface area contributed by atoms with Crippen molar-refractivity contribution in [2.45, 2.75) is 40.2 Å². The Hall–Kier alpha value is -1.72. The molecule has 6 nitrogen and oxygen atoms in total. The van der Waals surface area contributed by atoms with Crippen molar-refractivity contribution in [3.05, 3.63) is 11.4 Å². The van der Waals surface area contributed by atoms with E-state index in [4.69, 9.17) is 0 Å². The quantitative estimate of drug-likeness (QED) is 0.821. The molecular weight excluding hydrogens is 254 g/mol. The van der Waals surface area contributed by atoms with Gasteiger partial charge < -0.3 is 15.1 Å². The molecule has 0 radical (unpaired) electrons. The molecular formula is C14H25N5O. The predicted molar refractivity (Wildman–Crippen MR) is 80.1 cm³/mol. The van der Waals surface area contributed by atoms with E-state index in [0.717, 1.165) is 37.6 Å². The van der Waals surface area contributed by atoms with Crippen LogP contribution in [0.5, 0.6) is 0 Å². The first-order valence-corrected chi connectivity index (χ1v) is 7.11. The number of aromatic amines is 1. The largest absolute Gasteiger partial charge is 0.365 e. The van der Waals surface area contributed by atoms with Crippen LogP contribution in [-0.2, 0) is 0 Å². The van der Waals surface area contributed by atoms with Crippen LogP contribution in [-0.4, -0.2) is 52.8 Å². The van der Waals surface area contributed by atoms with Crippen LogP contribution in [0.1, 0.15) is 32.2 Å². The number of hydrogen-bond acceptors (Lipinski definition) is 3. The lowest BCUT2D eigenvalue weighted by molar-refractivity contribution is 0.185. The van der Waals surface area contributed by atoms with Crippen molar-refractivity contribution in [2.24, 2.45) is 0 Å². The van der Waals surface area contributed by atoms with Crippen molar-refractivity contribution in [2.75, 3.05) is 31.1 Å². The van der Waals surface area contributed by atoms with Gasteiger partial charge in [-0.15, -0.1) is 0 Å². The van der Waals surface area contributed by atoms with Crippen LogP contribution in [0.15, 0.2) is 0 Å². The molecule has 2 amide bonds. The van der Waals surface area contributed by atoms with Crippen molar-refractivity contribution < 1.29 is 4.79 Å². The number of H-pyrrole nitrogens is 1. The lowest BCUT2D eigenvalue weighted by Gasteiger charge is -2.37. The van der Waals surface area contributed by atoms with Gasteiger partial charge in [-0.3, -0.25) is 5.10 Å². The van der Waals surface area contributed by atoms with Crippen LogP contribution >= 0.6 is 0 Å². The number of aryl methyl sites for hydroxylation is 2. The number of nitrogens with zero attached hydrogens (tertiary/aromatic N) is 3. The Bertz CT molecular complexity index is 461. The van der Waals surface area contributed by atoms with Crippen LogP contribution in [0.3, 0.4) is 0 Å². The van der Waals surface area contributed by atoms with Gasteiger partial charge in [0.1, 0.15) is 0 Å². The Balaban J connectivity index is 1.94. The van der Waals surface area contributed by atoms with E-state index in [9.17, 15) is 4.79 Å². The maximum absolute atomic E-state index is 12.1. The van der Waals surface area contributed by atoms with Gasteiger partial charge in [-0.2, -0.15) is 5.10 Å². The van der Waals surface area contributed by atoms with Crippen molar-refractivity contribution in [1.29, 1.82) is 0 Å². The number of piperazine rings is 1. The summed E-state index contributed by atoms with van der Waals surface area (Å²) >= 11 is 0. The Labute approximate surface area is 120 Å². The molecule has 0 spiro atoms. The molecule has 1 aliphatic heterocycles. The van der Waals surface area contributed by atoms with Gasteiger partial charge in [-0.05, 0) is 34.6 Å². The van der Waals surface area contributed by atoms with E-state index in [-0.39, 0.29) is 11.6 Å². The smallest absolute Gasteiger partial charge is 0.317 e. The molecule has 1 aromatic heterocycles. The Kier molecular flexibility index (Phi) is 3.92. The summed E-state index contributed by atoms with van der Waals surface area (Å²) in [6.07, 6.45) is 0. The van der Waals surface area contributed by atoms with Crippen LogP contribution in [0.2, 0.25) is 0 Å². The molecule has 0 aliphatic carbocycles. The van der Waals surface area contributed by atoms with Crippen molar-refractivity contribution in [3.63, 3.8) is 0 Å². The summed E-state index contributed by atoms with van der Waals surface area (Å²) in [6.45, 7) is 13.2. The normalized spacial score (nSPS) is 16.4. The summed E-state index contributed by atoms with van der Waals surface area (Å²) in [7, 11) is 0. The zero-order chi connectivity index (χ0) is 14.9. The van der Waals surface area contributed by atoms with Crippen molar-refractivity contribution in [3.8, 4) is 0 Å². The number of hydrogen-bond donors (Lipinski definition) is 2. The standard InChI is InChI=1S/C14H25N5O/c1-10-12(11(2)17-16-10)18-6-8-19(9-7-18)13(20)15-14(3,4)5/h6-9H2,1-5H3,(H,15,20)(H,16,17). The molecule has 6 heteroatoms. The number of carbonyl (C=O) groups is 1. The monoisotopic (exact) mass is 279 g/mol. The SMILES string of the molecule is Cc1n[nH]c(C)c1N1CCN(C(=O)NC(C)(C)C)CC1. The zero-order valence-corrected chi connectivity index (χ0v) is 13.1. The van der Waals surface area contributed by atoms with Crippen LogP contribution in [0.4, 0.5) is 10.5 Å². The minimum absolute atomic E-state index is 0.0257. The second-order valence-electron chi connectivity index (χ2n) is 6.44. The molecule has 1 aliphatic rings. The summed E-state index contributed by atoms with van der Waals surface area (Å²) in [6, 6.07) is 0.0257. The number of amides is 2. The van der Waals surface area contributed by atoms with E-state index in [1.165, 1.54) is 5.69 Å². The Morgan fingerprint density at radius 2 is 1.80 bits per heavy atom. The van der Waals surface area contributed by atoms with Gasteiger partial charge in [0.25, 0.3) is 0 Å². The maximum atomic E-state index is 12.1. The summed E-state index contributed by atoms with van der Waals surface area (Å²) < 4.78 is 0. The number of carbonyl (C=O) groups excluding carboxylic acids is 1. The minimum atomic E-state index is -0.189. The fourth-order valence-corrected chi connectivity index (χ4v) is 2.54. The van der Waals surface area contributed by atoms with Crippen molar-refractivity contribution >= 4 is 11.7 Å². The van der Waals surface area contributed by atoms with Gasteiger partial charge >= 0.3 is 6.03 Å². The summed E-state index contributed by atoms with van der Waals surface area (Å²) in [5.74, 6) is 0. The Morgan fingerprint density at radius 1 is 1.20 bits per heavy atom. The molecule has 0 unspecified atom stereocenters. The predicted octanol–water partition coefficient (Wildman–Crippen LogP) is 1.66. The third-order valence-electron chi connectivity index (χ3n) is 3.45. The maximum Gasteiger partial charge on any atom is 0.317 e. The van der Waals surface area contributed by atoms with Gasteiger partial charge in [0, 0.05) is 31.7 Å². The van der Waals surface area contributed by atoms with E-state index in [2.05, 4.69) is 20.4 Å². The molecule has 2 rings (SSSR count). The first-order valence-electron chi connectivity index (χ1n) is 7.11. The number of aromatic nitrogens is 2. The number of rotatable bonds is 1. The third kappa shape index (κ3) is 3.23. The third-order valence-corrected chi connectivity index (χ3v) is 3.45. The average molecular weight is 279 g/mol. The molecule has 0 bridgehead atoms. The second-order valence-corrected chi connectivity index (χ2v) is 6.44. The summed E-state index contributed by atoms with van der Waals surface area (Å²) in [5, 5.41) is 10.3. The summed E-state index contributed by atoms with van der Waals surface area (Å²) in [4.78, 5) is 16.3. The van der Waals surface area contributed by atoms with Crippen LogP contribution < -0.4 is 10.2 Å². The van der Waals surface area contributed by atoms with Crippen LogP contribution in [0, 0.1) is 13.8 Å². The van der Waals surface area contributed by atoms with Crippen molar-refractivity contribution in [1.82, 2.24) is 20.4 Å². The molecule has 1 aromatic rings. The highest BCUT2D eigenvalue weighted by atomic mass is 16.2. The zero-order valence-electron chi connectivity index (χ0n) is 13.1.